The van der Waals surface area contributed by atoms with E-state index in [9.17, 15) is 19.2 Å². The molecule has 1 aliphatic heterocycles. The van der Waals surface area contributed by atoms with Crippen molar-refractivity contribution in [3.63, 3.8) is 0 Å². The van der Waals surface area contributed by atoms with E-state index in [0.29, 0.717) is 5.69 Å². The first kappa shape index (κ1) is 21.6. The summed E-state index contributed by atoms with van der Waals surface area (Å²) in [5, 5.41) is 2.87. The van der Waals surface area contributed by atoms with Crippen molar-refractivity contribution in [2.24, 2.45) is 5.41 Å². The van der Waals surface area contributed by atoms with Crippen LogP contribution in [0.2, 0.25) is 0 Å². The monoisotopic (exact) mass is 388 g/mol. The zero-order valence-corrected chi connectivity index (χ0v) is 17.1. The molecule has 1 aromatic rings. The summed E-state index contributed by atoms with van der Waals surface area (Å²) in [6.07, 6.45) is 1.09. The third-order valence-corrected chi connectivity index (χ3v) is 4.18. The number of anilines is 1. The number of esters is 1. The minimum Gasteiger partial charge on any atom is -0.452 e. The molecule has 1 fully saturated rings. The fraction of sp³-hybridized carbons (Fsp3) is 0.524. The number of ether oxygens (including phenoxy) is 1. The summed E-state index contributed by atoms with van der Waals surface area (Å²) in [5.41, 5.74) is 0.112. The lowest BCUT2D eigenvalue weighted by atomic mass is 9.82. The number of carbonyl (C=O) groups excluding carboxylic acids is 4. The van der Waals surface area contributed by atoms with Crippen LogP contribution in [0.1, 0.15) is 64.2 Å². The average Bonchev–Trinajstić information content (AvgIpc) is 2.88. The molecule has 0 aliphatic carbocycles. The Kier molecular flexibility index (Phi) is 6.27. The van der Waals surface area contributed by atoms with Crippen LogP contribution in [-0.4, -0.2) is 35.8 Å². The highest BCUT2D eigenvalue weighted by Crippen LogP contribution is 2.27. The van der Waals surface area contributed by atoms with Crippen LogP contribution in [0, 0.1) is 5.41 Å². The molecule has 1 saturated heterocycles. The molecule has 1 heterocycles. The number of nitrogens with one attached hydrogen (secondary N) is 1. The zero-order chi connectivity index (χ0) is 21.1. The Balaban J connectivity index is 1.96. The smallest absolute Gasteiger partial charge is 0.338 e. The third kappa shape index (κ3) is 5.90. The van der Waals surface area contributed by atoms with E-state index in [0.717, 1.165) is 11.3 Å². The molecule has 28 heavy (non-hydrogen) atoms. The van der Waals surface area contributed by atoms with Crippen molar-refractivity contribution in [2.45, 2.75) is 59.4 Å². The van der Waals surface area contributed by atoms with Gasteiger partial charge in [-0.2, -0.15) is 0 Å². The Morgan fingerprint density at radius 2 is 1.68 bits per heavy atom. The summed E-state index contributed by atoms with van der Waals surface area (Å²) in [7, 11) is 0. The van der Waals surface area contributed by atoms with Gasteiger partial charge in [-0.1, -0.05) is 26.8 Å². The number of imide groups is 1. The number of nitrogens with zero attached hydrogens (tertiary/aromatic N) is 1. The van der Waals surface area contributed by atoms with Crippen LogP contribution in [0.25, 0.3) is 0 Å². The Morgan fingerprint density at radius 1 is 1.07 bits per heavy atom. The molecule has 7 nitrogen and oxygen atoms in total. The summed E-state index contributed by atoms with van der Waals surface area (Å²) in [6.45, 7) is 9.70. The second-order valence-electron chi connectivity index (χ2n) is 8.92. The van der Waals surface area contributed by atoms with Crippen molar-refractivity contribution in [3.8, 4) is 0 Å². The predicted molar refractivity (Wildman–Crippen MR) is 105 cm³/mol. The van der Waals surface area contributed by atoms with Gasteiger partial charge in [-0.3, -0.25) is 19.3 Å². The van der Waals surface area contributed by atoms with Crippen molar-refractivity contribution in [1.29, 1.82) is 0 Å². The SMILES string of the molecule is CC(C)(C)CC(C)(C)NC(=O)COC(=O)c1cccc(N2C(=O)CCC2=O)c1. The van der Waals surface area contributed by atoms with Gasteiger partial charge in [0.05, 0.1) is 11.3 Å². The maximum absolute atomic E-state index is 12.3. The summed E-state index contributed by atoms with van der Waals surface area (Å²) >= 11 is 0. The maximum atomic E-state index is 12.3. The van der Waals surface area contributed by atoms with E-state index >= 15 is 0 Å². The first-order valence-electron chi connectivity index (χ1n) is 9.32. The van der Waals surface area contributed by atoms with E-state index in [1.165, 1.54) is 12.1 Å². The van der Waals surface area contributed by atoms with Gasteiger partial charge in [-0.05, 0) is 43.9 Å². The highest BCUT2D eigenvalue weighted by molar-refractivity contribution is 6.20. The quantitative estimate of drug-likeness (QED) is 0.597. The van der Waals surface area contributed by atoms with Gasteiger partial charge in [-0.25, -0.2) is 4.79 Å². The van der Waals surface area contributed by atoms with Crippen LogP contribution in [0.15, 0.2) is 24.3 Å². The van der Waals surface area contributed by atoms with Crippen LogP contribution in [0.5, 0.6) is 0 Å². The van der Waals surface area contributed by atoms with E-state index in [1.54, 1.807) is 12.1 Å². The summed E-state index contributed by atoms with van der Waals surface area (Å²) in [5.74, 6) is -1.67. The molecule has 0 atom stereocenters. The van der Waals surface area contributed by atoms with Crippen molar-refractivity contribution >= 4 is 29.4 Å². The number of rotatable bonds is 6. The lowest BCUT2D eigenvalue weighted by Crippen LogP contribution is -2.47. The molecule has 0 unspecified atom stereocenters. The molecule has 0 aromatic heterocycles. The normalized spacial score (nSPS) is 15.0. The van der Waals surface area contributed by atoms with Crippen LogP contribution in [-0.2, 0) is 19.1 Å². The lowest BCUT2D eigenvalue weighted by Gasteiger charge is -2.33. The molecule has 0 spiro atoms. The number of amides is 3. The maximum Gasteiger partial charge on any atom is 0.338 e. The molecule has 0 saturated carbocycles. The molecule has 1 N–H and O–H groups in total. The Hall–Kier alpha value is -2.70. The van der Waals surface area contributed by atoms with Crippen molar-refractivity contribution in [1.82, 2.24) is 5.32 Å². The van der Waals surface area contributed by atoms with Crippen molar-refractivity contribution < 1.29 is 23.9 Å². The van der Waals surface area contributed by atoms with Gasteiger partial charge in [0.15, 0.2) is 6.61 Å². The van der Waals surface area contributed by atoms with Crippen LogP contribution in [0.4, 0.5) is 5.69 Å². The lowest BCUT2D eigenvalue weighted by molar-refractivity contribution is -0.126. The van der Waals surface area contributed by atoms with E-state index in [4.69, 9.17) is 4.74 Å². The average molecular weight is 388 g/mol. The number of hydrogen-bond acceptors (Lipinski definition) is 5. The fourth-order valence-electron chi connectivity index (χ4n) is 3.63. The Labute approximate surface area is 165 Å². The van der Waals surface area contributed by atoms with Gasteiger partial charge in [-0.15, -0.1) is 0 Å². The summed E-state index contributed by atoms with van der Waals surface area (Å²) in [6, 6.07) is 6.08. The molecule has 0 bridgehead atoms. The van der Waals surface area contributed by atoms with E-state index in [-0.39, 0.29) is 41.5 Å². The van der Waals surface area contributed by atoms with Gasteiger partial charge in [0.1, 0.15) is 0 Å². The van der Waals surface area contributed by atoms with Gasteiger partial charge in [0.2, 0.25) is 11.8 Å². The minimum atomic E-state index is -0.690. The molecule has 7 heteroatoms. The summed E-state index contributed by atoms with van der Waals surface area (Å²) in [4.78, 5) is 49.2. The molecular formula is C21H28N2O5. The largest absolute Gasteiger partial charge is 0.452 e. The van der Waals surface area contributed by atoms with E-state index in [2.05, 4.69) is 26.1 Å². The molecule has 2 rings (SSSR count). The highest BCUT2D eigenvalue weighted by atomic mass is 16.5. The minimum absolute atomic E-state index is 0.0400. The molecule has 1 aromatic carbocycles. The van der Waals surface area contributed by atoms with Crippen LogP contribution in [0.3, 0.4) is 0 Å². The third-order valence-electron chi connectivity index (χ3n) is 4.18. The first-order valence-corrected chi connectivity index (χ1v) is 9.32. The van der Waals surface area contributed by atoms with Crippen molar-refractivity contribution in [3.05, 3.63) is 29.8 Å². The molecule has 0 radical (unpaired) electrons. The number of carbonyl (C=O) groups is 4. The fourth-order valence-corrected chi connectivity index (χ4v) is 3.63. The predicted octanol–water partition coefficient (Wildman–Crippen LogP) is 2.83. The van der Waals surface area contributed by atoms with E-state index < -0.39 is 18.1 Å². The Bertz CT molecular complexity index is 776. The number of hydrogen-bond donors (Lipinski definition) is 1. The zero-order valence-electron chi connectivity index (χ0n) is 17.1. The second-order valence-corrected chi connectivity index (χ2v) is 8.92. The van der Waals surface area contributed by atoms with Gasteiger partial charge >= 0.3 is 5.97 Å². The molecule has 1 aliphatic rings. The standard InChI is InChI=1S/C21H28N2O5/c1-20(2,3)13-21(4,5)22-16(24)12-28-19(27)14-7-6-8-15(11-14)23-17(25)9-10-18(23)26/h6-8,11H,9-10,12-13H2,1-5H3,(H,22,24). The number of benzene rings is 1. The first-order chi connectivity index (χ1) is 12.9. The topological polar surface area (TPSA) is 92.8 Å². The Morgan fingerprint density at radius 3 is 2.25 bits per heavy atom. The van der Waals surface area contributed by atoms with Crippen LogP contribution < -0.4 is 10.2 Å². The second kappa shape index (κ2) is 8.12. The molecule has 152 valence electrons. The molecule has 3 amide bonds. The molecular weight excluding hydrogens is 360 g/mol. The van der Waals surface area contributed by atoms with E-state index in [1.807, 2.05) is 13.8 Å². The van der Waals surface area contributed by atoms with Gasteiger partial charge in [0, 0.05) is 18.4 Å². The van der Waals surface area contributed by atoms with Crippen LogP contribution >= 0.6 is 0 Å². The highest BCUT2D eigenvalue weighted by Gasteiger charge is 2.31. The summed E-state index contributed by atoms with van der Waals surface area (Å²) < 4.78 is 5.10. The van der Waals surface area contributed by atoms with Gasteiger partial charge < -0.3 is 10.1 Å². The van der Waals surface area contributed by atoms with Gasteiger partial charge in [0.25, 0.3) is 5.91 Å². The van der Waals surface area contributed by atoms with Crippen molar-refractivity contribution in [2.75, 3.05) is 11.5 Å².